The van der Waals surface area contributed by atoms with Crippen molar-refractivity contribution in [2.24, 2.45) is 18.9 Å². The third-order valence-corrected chi connectivity index (χ3v) is 6.66. The molecule has 2 aromatic carbocycles. The van der Waals surface area contributed by atoms with Gasteiger partial charge in [0.2, 0.25) is 5.69 Å². The smallest absolute Gasteiger partial charge is 0.200 e. The Morgan fingerprint density at radius 2 is 1.81 bits per heavy atom. The first-order valence-electron chi connectivity index (χ1n) is 10.7. The highest BCUT2D eigenvalue weighted by Gasteiger charge is 2.40. The van der Waals surface area contributed by atoms with Crippen molar-refractivity contribution in [3.05, 3.63) is 78.0 Å². The second kappa shape index (κ2) is 6.64. The van der Waals surface area contributed by atoms with E-state index >= 15 is 0 Å². The van der Waals surface area contributed by atoms with Gasteiger partial charge in [0.15, 0.2) is 6.20 Å². The number of aryl methyl sites for hydroxylation is 2. The van der Waals surface area contributed by atoms with Crippen molar-refractivity contribution in [1.29, 1.82) is 0 Å². The predicted octanol–water partition coefficient (Wildman–Crippen LogP) is 6.06. The Morgan fingerprint density at radius 1 is 0.926 bits per heavy atom. The Balaban J connectivity index is 1.51. The summed E-state index contributed by atoms with van der Waals surface area (Å²) in [6, 6.07) is 21.8. The van der Waals surface area contributed by atoms with Crippen molar-refractivity contribution in [3.8, 4) is 22.4 Å². The van der Waals surface area contributed by atoms with Gasteiger partial charge in [-0.15, -0.1) is 0 Å². The molecule has 2 aliphatic carbocycles. The summed E-state index contributed by atoms with van der Waals surface area (Å²) in [6.07, 6.45) is 7.09. The maximum atomic E-state index is 9.18. The zero-order chi connectivity index (χ0) is 19.3. The Labute approximate surface area is 164 Å². The summed E-state index contributed by atoms with van der Waals surface area (Å²) in [7, 11) is 2.12. The average Bonchev–Trinajstić information content (AvgIpc) is 3.30. The van der Waals surface area contributed by atoms with E-state index in [1.165, 1.54) is 52.8 Å². The first-order chi connectivity index (χ1) is 13.5. The summed E-state index contributed by atoms with van der Waals surface area (Å²) < 4.78 is 11.4. The monoisotopic (exact) mass is 355 g/mol. The van der Waals surface area contributed by atoms with E-state index in [9.17, 15) is 1.37 Å². The number of benzene rings is 2. The average molecular weight is 356 g/mol. The maximum absolute atomic E-state index is 9.18. The number of hydrogen-bond acceptors (Lipinski definition) is 0. The second-order valence-corrected chi connectivity index (χ2v) is 8.42. The van der Waals surface area contributed by atoms with Crippen molar-refractivity contribution in [3.63, 3.8) is 0 Å². The van der Waals surface area contributed by atoms with Crippen LogP contribution in [-0.4, -0.2) is 0 Å². The van der Waals surface area contributed by atoms with Crippen molar-refractivity contribution in [1.82, 2.24) is 0 Å². The molecule has 3 aromatic rings. The first kappa shape index (κ1) is 15.6. The molecule has 2 aliphatic rings. The van der Waals surface area contributed by atoms with Crippen LogP contribution in [0.15, 0.2) is 66.9 Å². The highest BCUT2D eigenvalue weighted by atomic mass is 14.9. The van der Waals surface area contributed by atoms with E-state index in [2.05, 4.69) is 85.4 Å². The molecule has 5 rings (SSSR count). The molecule has 2 fully saturated rings. The van der Waals surface area contributed by atoms with Crippen LogP contribution in [0, 0.1) is 18.8 Å². The molecular weight excluding hydrogens is 326 g/mol. The van der Waals surface area contributed by atoms with Crippen LogP contribution in [0.3, 0.4) is 0 Å². The molecule has 3 unspecified atom stereocenters. The van der Waals surface area contributed by atoms with Gasteiger partial charge in [0.1, 0.15) is 7.05 Å². The van der Waals surface area contributed by atoms with Gasteiger partial charge in [-0.25, -0.2) is 4.57 Å². The summed E-state index contributed by atoms with van der Waals surface area (Å²) in [4.78, 5) is 0. The van der Waals surface area contributed by atoms with Crippen molar-refractivity contribution in [2.75, 3.05) is 0 Å². The van der Waals surface area contributed by atoms with E-state index in [-0.39, 0.29) is 5.89 Å². The zero-order valence-electron chi connectivity index (χ0n) is 17.3. The molecule has 1 heterocycles. The summed E-state index contributed by atoms with van der Waals surface area (Å²) in [5, 5.41) is 0. The highest BCUT2D eigenvalue weighted by Crippen LogP contribution is 2.53. The molecule has 3 atom stereocenters. The molecule has 1 nitrogen and oxygen atoms in total. The van der Waals surface area contributed by atoms with Crippen molar-refractivity contribution in [2.45, 2.75) is 38.5 Å². The Morgan fingerprint density at radius 3 is 2.56 bits per heavy atom. The fourth-order valence-electron chi connectivity index (χ4n) is 5.22. The van der Waals surface area contributed by atoms with Gasteiger partial charge in [0.05, 0.1) is 0 Å². The minimum absolute atomic E-state index is 0.373. The number of aromatic nitrogens is 1. The Hall–Kier alpha value is -2.41. The molecule has 136 valence electrons. The van der Waals surface area contributed by atoms with Crippen molar-refractivity contribution >= 4 is 0 Å². The molecule has 1 aromatic heterocycles. The predicted molar refractivity (Wildman–Crippen MR) is 111 cm³/mol. The molecule has 0 radical (unpaired) electrons. The second-order valence-electron chi connectivity index (χ2n) is 8.42. The van der Waals surface area contributed by atoms with Gasteiger partial charge in [0, 0.05) is 18.6 Å². The third-order valence-electron chi connectivity index (χ3n) is 6.66. The molecule has 0 spiro atoms. The fourth-order valence-corrected chi connectivity index (χ4v) is 5.22. The number of pyridine rings is 1. The van der Waals surface area contributed by atoms with Crippen LogP contribution in [0.1, 0.15) is 44.1 Å². The van der Waals surface area contributed by atoms with Crippen LogP contribution in [-0.2, 0) is 7.05 Å². The molecule has 0 saturated heterocycles. The van der Waals surface area contributed by atoms with Gasteiger partial charge in [-0.2, -0.15) is 0 Å². The molecule has 0 N–H and O–H groups in total. The largest absolute Gasteiger partial charge is 0.212 e. The summed E-state index contributed by atoms with van der Waals surface area (Å²) in [5.41, 5.74) is 7.44. The Bertz CT molecular complexity index is 1040. The van der Waals surface area contributed by atoms with Gasteiger partial charge in [-0.3, -0.25) is 0 Å². The lowest BCUT2D eigenvalue weighted by Gasteiger charge is -2.22. The van der Waals surface area contributed by atoms with Crippen LogP contribution in [0.4, 0.5) is 0 Å². The van der Waals surface area contributed by atoms with Gasteiger partial charge in [-0.1, -0.05) is 48.9 Å². The minimum Gasteiger partial charge on any atom is -0.200 e. The molecular formula is C26H28N+. The quantitative estimate of drug-likeness (QED) is 0.503. The third kappa shape index (κ3) is 3.00. The number of fused-ring (bicyclic) bond motifs is 2. The number of hydrogen-bond donors (Lipinski definition) is 0. The molecule has 27 heavy (non-hydrogen) atoms. The molecule has 1 heteroatoms. The lowest BCUT2D eigenvalue weighted by atomic mass is 9.82. The minimum atomic E-state index is -0.373. The van der Waals surface area contributed by atoms with E-state index < -0.39 is 0 Å². The first-order valence-corrected chi connectivity index (χ1v) is 10.2. The van der Waals surface area contributed by atoms with Gasteiger partial charge in [0.25, 0.3) is 0 Å². The molecule has 2 bridgehead atoms. The van der Waals surface area contributed by atoms with Crippen LogP contribution >= 0.6 is 0 Å². The standard InChI is InChI=1S/C26H28N/c1-18-6-3-4-9-24(18)26-13-12-23(17-27(26)2)20-7-5-8-21(16-20)25-15-19-10-11-22(25)14-19/h3-9,12-13,16-17,19,22,25H,10-11,14-15H2,1-2H3/q+1/i25D. The van der Waals surface area contributed by atoms with Crippen LogP contribution < -0.4 is 4.57 Å². The summed E-state index contributed by atoms with van der Waals surface area (Å²) in [6.45, 7) is 2.16. The number of rotatable bonds is 3. The van der Waals surface area contributed by atoms with Gasteiger partial charge >= 0.3 is 0 Å². The number of nitrogens with zero attached hydrogens (tertiary/aromatic N) is 1. The van der Waals surface area contributed by atoms with Crippen LogP contribution in [0.5, 0.6) is 0 Å². The van der Waals surface area contributed by atoms with E-state index in [1.807, 2.05) is 0 Å². The van der Waals surface area contributed by atoms with Crippen LogP contribution in [0.25, 0.3) is 22.4 Å². The fraction of sp³-hybridized carbons (Fsp3) is 0.346. The zero-order valence-corrected chi connectivity index (χ0v) is 16.3. The summed E-state index contributed by atoms with van der Waals surface area (Å²) >= 11 is 0. The topological polar surface area (TPSA) is 3.88 Å². The molecule has 0 amide bonds. The molecule has 2 saturated carbocycles. The highest BCUT2D eigenvalue weighted by molar-refractivity contribution is 5.66. The molecule has 0 aliphatic heterocycles. The van der Waals surface area contributed by atoms with Crippen molar-refractivity contribution < 1.29 is 5.94 Å². The lowest BCUT2D eigenvalue weighted by Crippen LogP contribution is -2.30. The maximum Gasteiger partial charge on any atom is 0.212 e. The van der Waals surface area contributed by atoms with E-state index in [1.54, 1.807) is 0 Å². The normalized spacial score (nSPS) is 27.0. The van der Waals surface area contributed by atoms with Gasteiger partial charge in [-0.05, 0) is 72.7 Å². The summed E-state index contributed by atoms with van der Waals surface area (Å²) in [5.74, 6) is 0.951. The SMILES string of the molecule is [2H]C1(c2cccc(-c3ccc(-c4ccccc4C)[n+](C)c3)c2)CC2CCC1C2. The van der Waals surface area contributed by atoms with E-state index in [4.69, 9.17) is 0 Å². The lowest BCUT2D eigenvalue weighted by molar-refractivity contribution is -0.659. The Kier molecular flexibility index (Phi) is 3.84. The van der Waals surface area contributed by atoms with E-state index in [0.29, 0.717) is 5.92 Å². The van der Waals surface area contributed by atoms with Gasteiger partial charge < -0.3 is 0 Å². The van der Waals surface area contributed by atoms with E-state index in [0.717, 1.165) is 12.3 Å². The van der Waals surface area contributed by atoms with Crippen LogP contribution in [0.2, 0.25) is 0 Å².